The van der Waals surface area contributed by atoms with Gasteiger partial charge in [-0.25, -0.2) is 0 Å². The zero-order valence-corrected chi connectivity index (χ0v) is 11.2. The van der Waals surface area contributed by atoms with Gasteiger partial charge in [0.2, 0.25) is 0 Å². The van der Waals surface area contributed by atoms with Crippen LogP contribution in [0.2, 0.25) is 0 Å². The molecule has 102 valence electrons. The summed E-state index contributed by atoms with van der Waals surface area (Å²) in [6, 6.07) is 0.457. The summed E-state index contributed by atoms with van der Waals surface area (Å²) in [7, 11) is 0. The molecule has 3 aliphatic rings. The van der Waals surface area contributed by atoms with Crippen LogP contribution in [0.4, 0.5) is 0 Å². The smallest absolute Gasteiger partial charge is 0.323 e. The zero-order chi connectivity index (χ0) is 12.6. The lowest BCUT2D eigenvalue weighted by Gasteiger charge is -2.40. The highest BCUT2D eigenvalue weighted by molar-refractivity contribution is 5.79. The van der Waals surface area contributed by atoms with E-state index in [1.807, 2.05) is 0 Å². The highest BCUT2D eigenvalue weighted by atomic mass is 16.4. The van der Waals surface area contributed by atoms with Gasteiger partial charge in [-0.1, -0.05) is 25.7 Å². The van der Waals surface area contributed by atoms with Crippen LogP contribution >= 0.6 is 0 Å². The zero-order valence-electron chi connectivity index (χ0n) is 11.2. The van der Waals surface area contributed by atoms with Crippen LogP contribution in [0.5, 0.6) is 0 Å². The van der Waals surface area contributed by atoms with Crippen LogP contribution in [0.15, 0.2) is 0 Å². The van der Waals surface area contributed by atoms with Crippen molar-refractivity contribution >= 4 is 5.97 Å². The normalized spacial score (nSPS) is 37.9. The fourth-order valence-electron chi connectivity index (χ4n) is 4.14. The Bertz CT molecular complexity index is 316. The van der Waals surface area contributed by atoms with E-state index in [4.69, 9.17) is 0 Å². The monoisotopic (exact) mass is 251 g/mol. The maximum atomic E-state index is 11.8. The van der Waals surface area contributed by atoms with Crippen LogP contribution in [0, 0.1) is 11.8 Å². The van der Waals surface area contributed by atoms with Crippen molar-refractivity contribution in [2.45, 2.75) is 75.8 Å². The van der Waals surface area contributed by atoms with Crippen LogP contribution in [0.3, 0.4) is 0 Å². The van der Waals surface area contributed by atoms with Crippen molar-refractivity contribution in [3.05, 3.63) is 0 Å². The van der Waals surface area contributed by atoms with Gasteiger partial charge in [0.25, 0.3) is 0 Å². The molecule has 3 nitrogen and oxygen atoms in total. The fourth-order valence-corrected chi connectivity index (χ4v) is 4.14. The van der Waals surface area contributed by atoms with E-state index in [1.165, 1.54) is 44.9 Å². The van der Waals surface area contributed by atoms with E-state index in [0.717, 1.165) is 25.2 Å². The molecule has 18 heavy (non-hydrogen) atoms. The highest BCUT2D eigenvalue weighted by Crippen LogP contribution is 2.47. The maximum Gasteiger partial charge on any atom is 0.323 e. The van der Waals surface area contributed by atoms with Crippen molar-refractivity contribution in [2.75, 3.05) is 0 Å². The maximum absolute atomic E-state index is 11.8. The Kier molecular flexibility index (Phi) is 3.35. The van der Waals surface area contributed by atoms with Gasteiger partial charge in [0.15, 0.2) is 0 Å². The lowest BCUT2D eigenvalue weighted by molar-refractivity contribution is -0.147. The average molecular weight is 251 g/mol. The molecule has 3 fully saturated rings. The molecule has 0 aromatic carbocycles. The molecule has 0 amide bonds. The quantitative estimate of drug-likeness (QED) is 0.807. The summed E-state index contributed by atoms with van der Waals surface area (Å²) in [6.07, 6.45) is 11.6. The van der Waals surface area contributed by atoms with Gasteiger partial charge in [0.1, 0.15) is 5.54 Å². The minimum Gasteiger partial charge on any atom is -0.480 e. The number of carbonyl (C=O) groups is 1. The third kappa shape index (κ3) is 2.42. The average Bonchev–Trinajstić information content (AvgIpc) is 3.09. The Morgan fingerprint density at radius 1 is 1.00 bits per heavy atom. The summed E-state index contributed by atoms with van der Waals surface area (Å²) in [4.78, 5) is 11.8. The largest absolute Gasteiger partial charge is 0.480 e. The molecule has 0 saturated heterocycles. The van der Waals surface area contributed by atoms with Crippen molar-refractivity contribution in [1.29, 1.82) is 0 Å². The summed E-state index contributed by atoms with van der Waals surface area (Å²) in [5.41, 5.74) is -0.597. The summed E-state index contributed by atoms with van der Waals surface area (Å²) in [5.74, 6) is 0.915. The molecule has 2 N–H and O–H groups in total. The Morgan fingerprint density at radius 2 is 1.72 bits per heavy atom. The molecule has 3 heteroatoms. The number of nitrogens with one attached hydrogen (secondary N) is 1. The van der Waals surface area contributed by atoms with Gasteiger partial charge in [-0.3, -0.25) is 10.1 Å². The van der Waals surface area contributed by atoms with Gasteiger partial charge in [-0.2, -0.15) is 0 Å². The van der Waals surface area contributed by atoms with E-state index in [-0.39, 0.29) is 0 Å². The molecule has 0 aromatic heterocycles. The number of carboxylic acid groups (broad SMARTS) is 1. The third-order valence-corrected chi connectivity index (χ3v) is 5.32. The summed E-state index contributed by atoms with van der Waals surface area (Å²) in [5, 5.41) is 13.3. The van der Waals surface area contributed by atoms with E-state index in [1.54, 1.807) is 0 Å². The fraction of sp³-hybridized carbons (Fsp3) is 0.933. The van der Waals surface area contributed by atoms with Crippen molar-refractivity contribution < 1.29 is 9.90 Å². The number of aliphatic carboxylic acids is 1. The summed E-state index contributed by atoms with van der Waals surface area (Å²) < 4.78 is 0. The number of rotatable bonds is 4. The molecule has 0 bridgehead atoms. The molecular formula is C15H25NO2. The molecule has 0 aliphatic heterocycles. The Hall–Kier alpha value is -0.570. The van der Waals surface area contributed by atoms with Crippen molar-refractivity contribution in [3.63, 3.8) is 0 Å². The minimum absolute atomic E-state index is 0.457. The van der Waals surface area contributed by atoms with Gasteiger partial charge in [-0.05, 0) is 50.4 Å². The van der Waals surface area contributed by atoms with E-state index in [2.05, 4.69) is 5.32 Å². The first-order chi connectivity index (χ1) is 8.70. The van der Waals surface area contributed by atoms with Crippen molar-refractivity contribution in [2.24, 2.45) is 11.8 Å². The molecule has 3 aliphatic carbocycles. The number of carboxylic acids is 1. The summed E-state index contributed by atoms with van der Waals surface area (Å²) >= 11 is 0. The molecule has 0 heterocycles. The standard InChI is InChI=1S/C15H25NO2/c17-14(18)15(16-13-5-1-2-6-13)9-3-4-12(10-15)11-7-8-11/h11-13,16H,1-10H2,(H,17,18). The Balaban J connectivity index is 1.70. The van der Waals surface area contributed by atoms with Gasteiger partial charge >= 0.3 is 5.97 Å². The van der Waals surface area contributed by atoms with Crippen LogP contribution in [-0.4, -0.2) is 22.7 Å². The lowest BCUT2D eigenvalue weighted by Crippen LogP contribution is -2.58. The Labute approximate surface area is 109 Å². The second kappa shape index (κ2) is 4.84. The van der Waals surface area contributed by atoms with Crippen molar-refractivity contribution in [3.8, 4) is 0 Å². The van der Waals surface area contributed by atoms with Crippen LogP contribution in [0.25, 0.3) is 0 Å². The SMILES string of the molecule is O=C(O)C1(NC2CCCC2)CCCC(C2CC2)C1. The van der Waals surface area contributed by atoms with E-state index in [9.17, 15) is 9.90 Å². The van der Waals surface area contributed by atoms with E-state index in [0.29, 0.717) is 12.0 Å². The minimum atomic E-state index is -0.597. The molecule has 2 unspecified atom stereocenters. The Morgan fingerprint density at radius 3 is 2.33 bits per heavy atom. The predicted octanol–water partition coefficient (Wildman–Crippen LogP) is 2.94. The van der Waals surface area contributed by atoms with Crippen LogP contribution in [0.1, 0.15) is 64.2 Å². The molecule has 0 radical (unpaired) electrons. The highest BCUT2D eigenvalue weighted by Gasteiger charge is 2.47. The van der Waals surface area contributed by atoms with Crippen molar-refractivity contribution in [1.82, 2.24) is 5.32 Å². The topological polar surface area (TPSA) is 49.3 Å². The van der Waals surface area contributed by atoms with Gasteiger partial charge in [0.05, 0.1) is 0 Å². The second-order valence-corrected chi connectivity index (χ2v) is 6.71. The first-order valence-corrected chi connectivity index (χ1v) is 7.71. The van der Waals surface area contributed by atoms with Gasteiger partial charge < -0.3 is 5.11 Å². The first kappa shape index (κ1) is 12.5. The molecule has 0 aromatic rings. The van der Waals surface area contributed by atoms with E-state index < -0.39 is 11.5 Å². The summed E-state index contributed by atoms with van der Waals surface area (Å²) in [6.45, 7) is 0. The first-order valence-electron chi connectivity index (χ1n) is 7.71. The molecule has 3 rings (SSSR count). The number of hydrogen-bond acceptors (Lipinski definition) is 2. The second-order valence-electron chi connectivity index (χ2n) is 6.71. The van der Waals surface area contributed by atoms with Gasteiger partial charge in [0, 0.05) is 6.04 Å². The molecular weight excluding hydrogens is 226 g/mol. The lowest BCUT2D eigenvalue weighted by atomic mass is 9.73. The molecule has 0 spiro atoms. The molecule has 3 saturated carbocycles. The third-order valence-electron chi connectivity index (χ3n) is 5.32. The van der Waals surface area contributed by atoms with Crippen LogP contribution in [-0.2, 0) is 4.79 Å². The number of hydrogen-bond donors (Lipinski definition) is 2. The van der Waals surface area contributed by atoms with Crippen LogP contribution < -0.4 is 5.32 Å². The predicted molar refractivity (Wildman–Crippen MR) is 70.4 cm³/mol. The molecule has 2 atom stereocenters. The van der Waals surface area contributed by atoms with Gasteiger partial charge in [-0.15, -0.1) is 0 Å². The van der Waals surface area contributed by atoms with E-state index >= 15 is 0 Å².